The van der Waals surface area contributed by atoms with Gasteiger partial charge in [-0.25, -0.2) is 0 Å². The van der Waals surface area contributed by atoms with E-state index in [1.807, 2.05) is 0 Å². The molecule has 6 aromatic rings. The predicted octanol–water partition coefficient (Wildman–Crippen LogP) is 9.15. The van der Waals surface area contributed by atoms with E-state index in [4.69, 9.17) is 8.83 Å². The Hall–Kier alpha value is -3.26. The van der Waals surface area contributed by atoms with Gasteiger partial charge < -0.3 is 8.83 Å². The molecule has 0 N–H and O–H groups in total. The van der Waals surface area contributed by atoms with Crippen LogP contribution in [-0.4, -0.2) is 0 Å². The lowest BCUT2D eigenvalue weighted by Crippen LogP contribution is -1.83. The van der Waals surface area contributed by atoms with Crippen molar-refractivity contribution in [3.05, 3.63) is 72.7 Å². The van der Waals surface area contributed by atoms with Gasteiger partial charge in [-0.05, 0) is 63.0 Å². The quantitative estimate of drug-likeness (QED) is 0.203. The number of aryl methyl sites for hydroxylation is 1. The molecule has 0 aliphatic heterocycles. The van der Waals surface area contributed by atoms with Gasteiger partial charge in [-0.1, -0.05) is 69.0 Å². The van der Waals surface area contributed by atoms with E-state index in [0.29, 0.717) is 0 Å². The molecule has 0 aliphatic carbocycles. The summed E-state index contributed by atoms with van der Waals surface area (Å²) in [6.07, 6.45) is 9.23. The molecule has 2 nitrogen and oxygen atoms in total. The minimum Gasteiger partial charge on any atom is -0.464 e. The van der Waals surface area contributed by atoms with Crippen LogP contribution in [0.5, 0.6) is 0 Å². The van der Waals surface area contributed by atoms with E-state index >= 15 is 0 Å². The van der Waals surface area contributed by atoms with Crippen LogP contribution in [0.25, 0.3) is 54.3 Å². The first-order valence-electron chi connectivity index (χ1n) is 11.5. The van der Waals surface area contributed by atoms with Crippen LogP contribution in [0.2, 0.25) is 0 Å². The molecule has 0 fully saturated rings. The largest absolute Gasteiger partial charge is 0.464 e. The summed E-state index contributed by atoms with van der Waals surface area (Å²) < 4.78 is 11.8. The molecule has 31 heavy (non-hydrogen) atoms. The van der Waals surface area contributed by atoms with Crippen molar-refractivity contribution in [2.24, 2.45) is 0 Å². The second kappa shape index (κ2) is 7.46. The molecule has 0 spiro atoms. The maximum absolute atomic E-state index is 6.19. The first-order valence-corrected chi connectivity index (χ1v) is 11.5. The van der Waals surface area contributed by atoms with Gasteiger partial charge in [0.05, 0.1) is 6.26 Å². The van der Waals surface area contributed by atoms with Crippen LogP contribution in [0.1, 0.15) is 44.8 Å². The number of fused-ring (bicyclic) bond motifs is 9. The third-order valence-electron chi connectivity index (χ3n) is 6.70. The molecule has 2 aromatic heterocycles. The third-order valence-corrected chi connectivity index (χ3v) is 6.70. The van der Waals surface area contributed by atoms with Crippen molar-refractivity contribution in [2.75, 3.05) is 0 Å². The Morgan fingerprint density at radius 3 is 1.84 bits per heavy atom. The fourth-order valence-electron chi connectivity index (χ4n) is 5.09. The molecular weight excluding hydrogens is 380 g/mol. The summed E-state index contributed by atoms with van der Waals surface area (Å²) in [7, 11) is 0. The standard InChI is InChI=1S/C29H26O2/c1-2-3-4-5-6-7-19-18-27-25-11-9-20-21(23(25)13-15-29(27)31-19)8-10-24-22(20)12-14-28-26(24)16-17-30-28/h8-18H,2-7H2,1H3. The first kappa shape index (κ1) is 18.5. The van der Waals surface area contributed by atoms with Gasteiger partial charge in [0.15, 0.2) is 0 Å². The molecule has 154 valence electrons. The van der Waals surface area contributed by atoms with Crippen molar-refractivity contribution in [3.8, 4) is 0 Å². The lowest BCUT2D eigenvalue weighted by atomic mass is 9.95. The summed E-state index contributed by atoms with van der Waals surface area (Å²) >= 11 is 0. The summed E-state index contributed by atoms with van der Waals surface area (Å²) in [6, 6.07) is 22.0. The van der Waals surface area contributed by atoms with E-state index in [9.17, 15) is 0 Å². The van der Waals surface area contributed by atoms with Gasteiger partial charge in [0, 0.05) is 17.2 Å². The highest BCUT2D eigenvalue weighted by Gasteiger charge is 2.12. The lowest BCUT2D eigenvalue weighted by Gasteiger charge is -2.08. The van der Waals surface area contributed by atoms with Gasteiger partial charge in [0.2, 0.25) is 0 Å². The van der Waals surface area contributed by atoms with E-state index in [0.717, 1.165) is 23.3 Å². The normalized spacial score (nSPS) is 12.2. The summed E-state index contributed by atoms with van der Waals surface area (Å²) in [6.45, 7) is 2.26. The SMILES string of the molecule is CCCCCCCc1cc2c(ccc3c2ccc2c4ccc5occc5c4ccc32)o1. The molecule has 2 heterocycles. The molecule has 0 atom stereocenters. The van der Waals surface area contributed by atoms with Crippen molar-refractivity contribution in [1.29, 1.82) is 0 Å². The van der Waals surface area contributed by atoms with Gasteiger partial charge in [-0.2, -0.15) is 0 Å². The van der Waals surface area contributed by atoms with E-state index < -0.39 is 0 Å². The average molecular weight is 407 g/mol. The van der Waals surface area contributed by atoms with Crippen LogP contribution in [0.4, 0.5) is 0 Å². The van der Waals surface area contributed by atoms with E-state index in [1.54, 1.807) is 6.26 Å². The van der Waals surface area contributed by atoms with Crippen molar-refractivity contribution >= 4 is 54.3 Å². The summed E-state index contributed by atoms with van der Waals surface area (Å²) in [5.41, 5.74) is 1.94. The van der Waals surface area contributed by atoms with Crippen LogP contribution in [-0.2, 0) is 6.42 Å². The number of benzene rings is 4. The van der Waals surface area contributed by atoms with E-state index in [1.165, 1.54) is 75.2 Å². The van der Waals surface area contributed by atoms with Crippen LogP contribution in [0.3, 0.4) is 0 Å². The Bertz CT molecular complexity index is 1550. The number of rotatable bonds is 6. The Morgan fingerprint density at radius 1 is 0.548 bits per heavy atom. The zero-order valence-electron chi connectivity index (χ0n) is 17.9. The van der Waals surface area contributed by atoms with Crippen molar-refractivity contribution in [3.63, 3.8) is 0 Å². The highest BCUT2D eigenvalue weighted by molar-refractivity contribution is 6.24. The maximum atomic E-state index is 6.19. The number of unbranched alkanes of at least 4 members (excludes halogenated alkanes) is 4. The molecule has 0 saturated carbocycles. The molecule has 0 unspecified atom stereocenters. The lowest BCUT2D eigenvalue weighted by molar-refractivity contribution is 0.524. The molecular formula is C29H26O2. The minimum atomic E-state index is 0.940. The fourth-order valence-corrected chi connectivity index (χ4v) is 5.09. The average Bonchev–Trinajstić information content (AvgIpc) is 3.45. The Labute approximate surface area is 181 Å². The van der Waals surface area contributed by atoms with Crippen molar-refractivity contribution < 1.29 is 8.83 Å². The summed E-state index contributed by atoms with van der Waals surface area (Å²) in [5.74, 6) is 1.11. The predicted molar refractivity (Wildman–Crippen MR) is 131 cm³/mol. The zero-order chi connectivity index (χ0) is 20.8. The summed E-state index contributed by atoms with van der Waals surface area (Å²) in [5, 5.41) is 10.1. The van der Waals surface area contributed by atoms with Crippen LogP contribution in [0.15, 0.2) is 75.8 Å². The van der Waals surface area contributed by atoms with Crippen LogP contribution in [0, 0.1) is 0 Å². The van der Waals surface area contributed by atoms with Crippen molar-refractivity contribution in [1.82, 2.24) is 0 Å². The van der Waals surface area contributed by atoms with Gasteiger partial charge in [0.1, 0.15) is 16.9 Å². The van der Waals surface area contributed by atoms with Crippen LogP contribution >= 0.6 is 0 Å². The van der Waals surface area contributed by atoms with Crippen molar-refractivity contribution in [2.45, 2.75) is 45.4 Å². The highest BCUT2D eigenvalue weighted by Crippen LogP contribution is 2.37. The molecule has 6 rings (SSSR count). The third kappa shape index (κ3) is 3.01. The molecule has 0 aliphatic rings. The molecule has 0 radical (unpaired) electrons. The fraction of sp³-hybridized carbons (Fsp3) is 0.241. The number of hydrogen-bond donors (Lipinski definition) is 0. The van der Waals surface area contributed by atoms with Gasteiger partial charge in [-0.3, -0.25) is 0 Å². The molecule has 0 saturated heterocycles. The van der Waals surface area contributed by atoms with Gasteiger partial charge in [0.25, 0.3) is 0 Å². The number of furan rings is 2. The van der Waals surface area contributed by atoms with Crippen LogP contribution < -0.4 is 0 Å². The second-order valence-corrected chi connectivity index (χ2v) is 8.67. The molecule has 0 amide bonds. The number of hydrogen-bond acceptors (Lipinski definition) is 2. The topological polar surface area (TPSA) is 26.3 Å². The summed E-state index contributed by atoms with van der Waals surface area (Å²) in [4.78, 5) is 0. The highest BCUT2D eigenvalue weighted by atomic mass is 16.3. The Balaban J connectivity index is 1.46. The smallest absolute Gasteiger partial charge is 0.134 e. The first-order chi connectivity index (χ1) is 15.3. The molecule has 4 aromatic carbocycles. The second-order valence-electron chi connectivity index (χ2n) is 8.67. The molecule has 0 bridgehead atoms. The van der Waals surface area contributed by atoms with Gasteiger partial charge >= 0.3 is 0 Å². The Morgan fingerprint density at radius 2 is 1.13 bits per heavy atom. The van der Waals surface area contributed by atoms with E-state index in [-0.39, 0.29) is 0 Å². The molecule has 2 heteroatoms. The monoisotopic (exact) mass is 406 g/mol. The van der Waals surface area contributed by atoms with E-state index in [2.05, 4.69) is 67.6 Å². The minimum absolute atomic E-state index is 0.940. The maximum Gasteiger partial charge on any atom is 0.134 e. The zero-order valence-corrected chi connectivity index (χ0v) is 17.9. The Kier molecular flexibility index (Phi) is 4.45. The van der Waals surface area contributed by atoms with Gasteiger partial charge in [-0.15, -0.1) is 0 Å².